The van der Waals surface area contributed by atoms with Crippen molar-refractivity contribution in [1.29, 1.82) is 0 Å². The topological polar surface area (TPSA) is 45.8 Å². The first kappa shape index (κ1) is 14.3. The summed E-state index contributed by atoms with van der Waals surface area (Å²) in [6.07, 6.45) is 6.81. The van der Waals surface area contributed by atoms with Crippen LogP contribution in [0.15, 0.2) is 10.9 Å². The summed E-state index contributed by atoms with van der Waals surface area (Å²) in [7, 11) is 0. The molecule has 1 aromatic rings. The first-order chi connectivity index (χ1) is 9.10. The van der Waals surface area contributed by atoms with Crippen molar-refractivity contribution in [1.82, 2.24) is 9.97 Å². The molecule has 1 aliphatic carbocycles. The zero-order valence-electron chi connectivity index (χ0n) is 12.4. The van der Waals surface area contributed by atoms with Gasteiger partial charge in [0.05, 0.1) is 0 Å². The summed E-state index contributed by atoms with van der Waals surface area (Å²) >= 11 is 0. The zero-order valence-corrected chi connectivity index (χ0v) is 12.4. The Labute approximate surface area is 115 Å². The highest BCUT2D eigenvalue weighted by Gasteiger charge is 2.25. The lowest BCUT2D eigenvalue weighted by atomic mass is 9.76. The third-order valence-electron chi connectivity index (χ3n) is 4.42. The molecule has 0 unspecified atom stereocenters. The quantitative estimate of drug-likeness (QED) is 0.900. The second-order valence-electron chi connectivity index (χ2n) is 6.23. The van der Waals surface area contributed by atoms with E-state index in [0.29, 0.717) is 5.92 Å². The Kier molecular flexibility index (Phi) is 4.78. The first-order valence-corrected chi connectivity index (χ1v) is 7.70. The molecule has 0 aliphatic heterocycles. The van der Waals surface area contributed by atoms with Gasteiger partial charge in [-0.3, -0.25) is 4.79 Å². The van der Waals surface area contributed by atoms with Gasteiger partial charge in [0, 0.05) is 17.7 Å². The predicted octanol–water partition coefficient (Wildman–Crippen LogP) is 3.65. The van der Waals surface area contributed by atoms with Crippen molar-refractivity contribution < 1.29 is 0 Å². The lowest BCUT2D eigenvalue weighted by Crippen LogP contribution is -2.22. The molecule has 0 radical (unpaired) electrons. The predicted molar refractivity (Wildman–Crippen MR) is 78.4 cm³/mol. The molecule has 0 atom stereocenters. The monoisotopic (exact) mass is 262 g/mol. The van der Waals surface area contributed by atoms with Crippen LogP contribution in [0.1, 0.15) is 70.3 Å². The minimum Gasteiger partial charge on any atom is -0.310 e. The average molecular weight is 262 g/mol. The molecule has 0 aromatic carbocycles. The van der Waals surface area contributed by atoms with Gasteiger partial charge in [0.2, 0.25) is 0 Å². The van der Waals surface area contributed by atoms with E-state index in [-0.39, 0.29) is 5.56 Å². The summed E-state index contributed by atoms with van der Waals surface area (Å²) in [6, 6.07) is 1.65. The van der Waals surface area contributed by atoms with Crippen LogP contribution in [0.25, 0.3) is 0 Å². The number of rotatable bonds is 4. The maximum absolute atomic E-state index is 11.7. The minimum absolute atomic E-state index is 0.0134. The molecule has 2 rings (SSSR count). The SMILES string of the molecule is CCCc1cc(=O)[nH]c(C2CCC(C(C)C)CC2)n1. The number of aromatic amines is 1. The van der Waals surface area contributed by atoms with E-state index in [1.807, 2.05) is 0 Å². The Balaban J connectivity index is 2.08. The van der Waals surface area contributed by atoms with Crippen molar-refractivity contribution in [3.63, 3.8) is 0 Å². The van der Waals surface area contributed by atoms with Gasteiger partial charge >= 0.3 is 0 Å². The molecule has 0 saturated heterocycles. The molecular weight excluding hydrogens is 236 g/mol. The molecule has 1 N–H and O–H groups in total. The molecule has 1 heterocycles. The van der Waals surface area contributed by atoms with Crippen LogP contribution in [0, 0.1) is 11.8 Å². The summed E-state index contributed by atoms with van der Waals surface area (Å²) in [4.78, 5) is 19.3. The Morgan fingerprint density at radius 3 is 2.58 bits per heavy atom. The van der Waals surface area contributed by atoms with Crippen LogP contribution < -0.4 is 5.56 Å². The number of nitrogens with zero attached hydrogens (tertiary/aromatic N) is 1. The van der Waals surface area contributed by atoms with E-state index in [4.69, 9.17) is 0 Å². The number of hydrogen-bond acceptors (Lipinski definition) is 2. The van der Waals surface area contributed by atoms with Gasteiger partial charge in [0.15, 0.2) is 0 Å². The lowest BCUT2D eigenvalue weighted by molar-refractivity contribution is 0.254. The van der Waals surface area contributed by atoms with Crippen molar-refractivity contribution in [2.24, 2.45) is 11.8 Å². The Morgan fingerprint density at radius 2 is 2.00 bits per heavy atom. The highest BCUT2D eigenvalue weighted by atomic mass is 16.1. The molecule has 19 heavy (non-hydrogen) atoms. The number of H-pyrrole nitrogens is 1. The number of nitrogens with one attached hydrogen (secondary N) is 1. The van der Waals surface area contributed by atoms with Crippen molar-refractivity contribution in [2.75, 3.05) is 0 Å². The smallest absolute Gasteiger partial charge is 0.251 e. The van der Waals surface area contributed by atoms with E-state index in [0.717, 1.165) is 36.2 Å². The van der Waals surface area contributed by atoms with E-state index >= 15 is 0 Å². The van der Waals surface area contributed by atoms with Crippen LogP contribution in [0.2, 0.25) is 0 Å². The second-order valence-corrected chi connectivity index (χ2v) is 6.23. The maximum Gasteiger partial charge on any atom is 0.251 e. The Hall–Kier alpha value is -1.12. The molecule has 0 bridgehead atoms. The molecule has 0 spiro atoms. The van der Waals surface area contributed by atoms with Gasteiger partial charge < -0.3 is 4.98 Å². The fraction of sp³-hybridized carbons (Fsp3) is 0.750. The molecule has 0 amide bonds. The largest absolute Gasteiger partial charge is 0.310 e. The third-order valence-corrected chi connectivity index (χ3v) is 4.42. The normalized spacial score (nSPS) is 23.8. The molecule has 3 nitrogen and oxygen atoms in total. The molecule has 1 aliphatic rings. The highest BCUT2D eigenvalue weighted by molar-refractivity contribution is 5.07. The minimum atomic E-state index is 0.0134. The van der Waals surface area contributed by atoms with Crippen molar-refractivity contribution in [3.05, 3.63) is 27.9 Å². The second kappa shape index (κ2) is 6.36. The van der Waals surface area contributed by atoms with Gasteiger partial charge in [-0.1, -0.05) is 27.2 Å². The van der Waals surface area contributed by atoms with E-state index in [1.54, 1.807) is 6.07 Å². The first-order valence-electron chi connectivity index (χ1n) is 7.70. The van der Waals surface area contributed by atoms with Gasteiger partial charge in [-0.2, -0.15) is 0 Å². The van der Waals surface area contributed by atoms with Crippen molar-refractivity contribution >= 4 is 0 Å². The van der Waals surface area contributed by atoms with E-state index in [9.17, 15) is 4.79 Å². The van der Waals surface area contributed by atoms with Crippen LogP contribution in [0.4, 0.5) is 0 Å². The molecule has 106 valence electrons. The van der Waals surface area contributed by atoms with E-state index in [2.05, 4.69) is 30.7 Å². The number of aromatic nitrogens is 2. The number of aryl methyl sites for hydroxylation is 1. The molecule has 1 fully saturated rings. The zero-order chi connectivity index (χ0) is 13.8. The van der Waals surface area contributed by atoms with E-state index in [1.165, 1.54) is 25.7 Å². The van der Waals surface area contributed by atoms with Crippen LogP contribution in [0.5, 0.6) is 0 Å². The van der Waals surface area contributed by atoms with Crippen LogP contribution in [-0.2, 0) is 6.42 Å². The molecule has 3 heteroatoms. The summed E-state index contributed by atoms with van der Waals surface area (Å²) in [6.45, 7) is 6.75. The lowest BCUT2D eigenvalue weighted by Gasteiger charge is -2.30. The standard InChI is InChI=1S/C16H26N2O/c1-4-5-14-10-15(19)18-16(17-14)13-8-6-12(7-9-13)11(2)3/h10-13H,4-9H2,1-3H3,(H,17,18,19). The van der Waals surface area contributed by atoms with Crippen LogP contribution in [-0.4, -0.2) is 9.97 Å². The van der Waals surface area contributed by atoms with Gasteiger partial charge in [-0.15, -0.1) is 0 Å². The van der Waals surface area contributed by atoms with Gasteiger partial charge in [0.25, 0.3) is 5.56 Å². The van der Waals surface area contributed by atoms with E-state index < -0.39 is 0 Å². The van der Waals surface area contributed by atoms with Crippen molar-refractivity contribution in [2.45, 2.75) is 65.2 Å². The summed E-state index contributed by atoms with van der Waals surface area (Å²) < 4.78 is 0. The molecule has 1 aromatic heterocycles. The number of hydrogen-bond donors (Lipinski definition) is 1. The fourth-order valence-corrected chi connectivity index (χ4v) is 3.17. The fourth-order valence-electron chi connectivity index (χ4n) is 3.17. The van der Waals surface area contributed by atoms with Gasteiger partial charge in [-0.25, -0.2) is 4.98 Å². The Bertz CT molecular complexity index is 456. The average Bonchev–Trinajstić information content (AvgIpc) is 2.38. The van der Waals surface area contributed by atoms with Crippen LogP contribution in [0.3, 0.4) is 0 Å². The molecule has 1 saturated carbocycles. The summed E-state index contributed by atoms with van der Waals surface area (Å²) in [5.74, 6) is 3.01. The van der Waals surface area contributed by atoms with Gasteiger partial charge in [0.1, 0.15) is 5.82 Å². The summed E-state index contributed by atoms with van der Waals surface area (Å²) in [5.41, 5.74) is 0.965. The molecular formula is C16H26N2O. The maximum atomic E-state index is 11.7. The van der Waals surface area contributed by atoms with Crippen molar-refractivity contribution in [3.8, 4) is 0 Å². The van der Waals surface area contributed by atoms with Crippen LogP contribution >= 0.6 is 0 Å². The highest BCUT2D eigenvalue weighted by Crippen LogP contribution is 2.37. The van der Waals surface area contributed by atoms with Gasteiger partial charge in [-0.05, 0) is 43.9 Å². The summed E-state index contributed by atoms with van der Waals surface area (Å²) in [5, 5.41) is 0. The Morgan fingerprint density at radius 1 is 1.32 bits per heavy atom. The third kappa shape index (κ3) is 3.68.